The van der Waals surface area contributed by atoms with E-state index < -0.39 is 0 Å². The molecule has 0 aliphatic rings. The summed E-state index contributed by atoms with van der Waals surface area (Å²) in [7, 11) is 3.92. The van der Waals surface area contributed by atoms with Crippen molar-refractivity contribution < 1.29 is 4.74 Å². The van der Waals surface area contributed by atoms with Gasteiger partial charge in [0, 0.05) is 18.9 Å². The summed E-state index contributed by atoms with van der Waals surface area (Å²) in [6, 6.07) is 1.94. The Morgan fingerprint density at radius 3 is 2.73 bits per heavy atom. The monoisotopic (exact) mass is 206 g/mol. The molecule has 0 saturated carbocycles. The third kappa shape index (κ3) is 3.52. The third-order valence-electron chi connectivity index (χ3n) is 1.71. The zero-order valence-corrected chi connectivity index (χ0v) is 9.14. The van der Waals surface area contributed by atoms with Crippen LogP contribution in [0.4, 0.5) is 0 Å². The Bertz CT molecular complexity index is 359. The average Bonchev–Trinajstić information content (AvgIpc) is 2.17. The lowest BCUT2D eigenvalue weighted by molar-refractivity contribution is 0.169. The second-order valence-corrected chi connectivity index (χ2v) is 3.51. The highest BCUT2D eigenvalue weighted by Crippen LogP contribution is 2.11. The third-order valence-corrected chi connectivity index (χ3v) is 1.71. The van der Waals surface area contributed by atoms with Crippen molar-refractivity contribution in [2.24, 2.45) is 0 Å². The van der Waals surface area contributed by atoms with Gasteiger partial charge in [-0.25, -0.2) is 9.97 Å². The van der Waals surface area contributed by atoms with E-state index in [0.29, 0.717) is 5.88 Å². The summed E-state index contributed by atoms with van der Waals surface area (Å²) < 4.78 is 5.51. The fourth-order valence-corrected chi connectivity index (χ4v) is 1.23. The Balaban J connectivity index is 2.68. The summed E-state index contributed by atoms with van der Waals surface area (Å²) in [5.41, 5.74) is 0.225. The molecule has 0 amide bonds. The Kier molecular flexibility index (Phi) is 4.01. The minimum absolute atomic E-state index is 0.0243. The summed E-state index contributed by atoms with van der Waals surface area (Å²) in [6.07, 6.45) is 2.96. The molecule has 1 heterocycles. The van der Waals surface area contributed by atoms with Crippen LogP contribution in [0.15, 0.2) is 12.4 Å². The highest BCUT2D eigenvalue weighted by molar-refractivity contribution is 5.29. The van der Waals surface area contributed by atoms with Gasteiger partial charge in [-0.05, 0) is 21.0 Å². The van der Waals surface area contributed by atoms with Crippen molar-refractivity contribution in [3.05, 3.63) is 18.1 Å². The average molecular weight is 206 g/mol. The second kappa shape index (κ2) is 5.27. The molecule has 0 aliphatic heterocycles. The quantitative estimate of drug-likeness (QED) is 0.724. The fourth-order valence-electron chi connectivity index (χ4n) is 1.23. The van der Waals surface area contributed by atoms with E-state index >= 15 is 0 Å². The molecule has 80 valence electrons. The highest BCUT2D eigenvalue weighted by Gasteiger charge is 2.10. The summed E-state index contributed by atoms with van der Waals surface area (Å²) >= 11 is 0. The van der Waals surface area contributed by atoms with Crippen LogP contribution in [-0.4, -0.2) is 41.6 Å². The van der Waals surface area contributed by atoms with Crippen molar-refractivity contribution in [1.82, 2.24) is 14.9 Å². The number of hydrogen-bond acceptors (Lipinski definition) is 5. The lowest BCUT2D eigenvalue weighted by Crippen LogP contribution is -2.28. The molecule has 5 nitrogen and oxygen atoms in total. The van der Waals surface area contributed by atoms with Gasteiger partial charge in [0.15, 0.2) is 0 Å². The normalized spacial score (nSPS) is 12.2. The summed E-state index contributed by atoms with van der Waals surface area (Å²) in [6.45, 7) is 2.69. The molecule has 15 heavy (non-hydrogen) atoms. The molecule has 0 radical (unpaired) electrons. The van der Waals surface area contributed by atoms with E-state index in [1.807, 2.05) is 32.0 Å². The topological polar surface area (TPSA) is 62.0 Å². The molecule has 0 aromatic carbocycles. The number of rotatable bonds is 4. The first-order chi connectivity index (χ1) is 7.13. The van der Waals surface area contributed by atoms with Gasteiger partial charge in [0.05, 0.1) is 0 Å². The highest BCUT2D eigenvalue weighted by atomic mass is 16.5. The van der Waals surface area contributed by atoms with E-state index in [9.17, 15) is 0 Å². The Labute approximate surface area is 89.3 Å². The maximum absolute atomic E-state index is 8.77. The van der Waals surface area contributed by atoms with Gasteiger partial charge >= 0.3 is 0 Å². The summed E-state index contributed by atoms with van der Waals surface area (Å²) in [4.78, 5) is 9.85. The minimum atomic E-state index is -0.0243. The molecule has 5 heteroatoms. The van der Waals surface area contributed by atoms with Gasteiger partial charge in [-0.2, -0.15) is 5.26 Å². The predicted molar refractivity (Wildman–Crippen MR) is 55.4 cm³/mol. The zero-order valence-electron chi connectivity index (χ0n) is 9.14. The number of likely N-dealkylation sites (N-methyl/N-ethyl adjacent to an activating group) is 1. The molecule has 1 aromatic rings. The summed E-state index contributed by atoms with van der Waals surface area (Å²) in [5.74, 6) is 0.300. The lowest BCUT2D eigenvalue weighted by Gasteiger charge is -2.17. The van der Waals surface area contributed by atoms with E-state index in [4.69, 9.17) is 10.00 Å². The molecular formula is C10H14N4O. The van der Waals surface area contributed by atoms with Crippen LogP contribution in [0, 0.1) is 11.3 Å². The van der Waals surface area contributed by atoms with Crippen molar-refractivity contribution in [2.75, 3.05) is 20.6 Å². The van der Waals surface area contributed by atoms with Gasteiger partial charge in [-0.15, -0.1) is 0 Å². The van der Waals surface area contributed by atoms with Crippen molar-refractivity contribution >= 4 is 0 Å². The number of nitrogens with zero attached hydrogens (tertiary/aromatic N) is 4. The zero-order chi connectivity index (χ0) is 11.3. The van der Waals surface area contributed by atoms with Crippen LogP contribution in [0.2, 0.25) is 0 Å². The fraction of sp³-hybridized carbons (Fsp3) is 0.500. The van der Waals surface area contributed by atoms with Crippen LogP contribution in [-0.2, 0) is 0 Å². The van der Waals surface area contributed by atoms with Crippen LogP contribution in [0.1, 0.15) is 12.6 Å². The van der Waals surface area contributed by atoms with Gasteiger partial charge in [-0.3, -0.25) is 0 Å². The van der Waals surface area contributed by atoms with Gasteiger partial charge in [0.1, 0.15) is 12.2 Å². The molecule has 1 aromatic heterocycles. The van der Waals surface area contributed by atoms with Gasteiger partial charge in [0.2, 0.25) is 5.69 Å². The number of aromatic nitrogens is 2. The standard InChI is InChI=1S/C10H14N4O/c1-8(7-14(2)3)15-10-9(6-11)12-4-5-13-10/h4-5,8H,7H2,1-3H3/t8-/m1/s1. The van der Waals surface area contributed by atoms with E-state index in [1.165, 1.54) is 12.4 Å². The molecule has 1 atom stereocenters. The predicted octanol–water partition coefficient (Wildman–Crippen LogP) is 0.677. The minimum Gasteiger partial charge on any atom is -0.471 e. The van der Waals surface area contributed by atoms with Crippen LogP contribution in [0.5, 0.6) is 5.88 Å². The maximum atomic E-state index is 8.77. The SMILES string of the molecule is C[C@H](CN(C)C)Oc1nccnc1C#N. The maximum Gasteiger partial charge on any atom is 0.251 e. The van der Waals surface area contributed by atoms with E-state index in [1.54, 1.807) is 0 Å². The van der Waals surface area contributed by atoms with Crippen molar-refractivity contribution in [2.45, 2.75) is 13.0 Å². The molecule has 0 N–H and O–H groups in total. The van der Waals surface area contributed by atoms with Gasteiger partial charge in [-0.1, -0.05) is 0 Å². The molecule has 1 rings (SSSR count). The Hall–Kier alpha value is -1.67. The van der Waals surface area contributed by atoms with Crippen LogP contribution in [0.25, 0.3) is 0 Å². The first-order valence-electron chi connectivity index (χ1n) is 4.66. The summed E-state index contributed by atoms with van der Waals surface area (Å²) in [5, 5.41) is 8.77. The molecule has 0 saturated heterocycles. The smallest absolute Gasteiger partial charge is 0.251 e. The Morgan fingerprint density at radius 2 is 2.13 bits per heavy atom. The molecule has 0 bridgehead atoms. The largest absolute Gasteiger partial charge is 0.471 e. The van der Waals surface area contributed by atoms with Gasteiger partial charge in [0.25, 0.3) is 5.88 Å². The first kappa shape index (κ1) is 11.4. The lowest BCUT2D eigenvalue weighted by atomic mass is 10.4. The molecule has 0 fully saturated rings. The van der Waals surface area contributed by atoms with Crippen LogP contribution < -0.4 is 4.74 Å². The first-order valence-corrected chi connectivity index (χ1v) is 4.66. The molecule has 0 aliphatic carbocycles. The van der Waals surface area contributed by atoms with Crippen molar-refractivity contribution in [3.8, 4) is 11.9 Å². The Morgan fingerprint density at radius 1 is 1.47 bits per heavy atom. The van der Waals surface area contributed by atoms with E-state index in [0.717, 1.165) is 6.54 Å². The van der Waals surface area contributed by atoms with E-state index in [2.05, 4.69) is 9.97 Å². The van der Waals surface area contributed by atoms with Crippen molar-refractivity contribution in [3.63, 3.8) is 0 Å². The van der Waals surface area contributed by atoms with E-state index in [-0.39, 0.29) is 11.8 Å². The molecule has 0 unspecified atom stereocenters. The molecule has 0 spiro atoms. The van der Waals surface area contributed by atoms with Gasteiger partial charge < -0.3 is 9.64 Å². The number of nitriles is 1. The second-order valence-electron chi connectivity index (χ2n) is 3.51. The van der Waals surface area contributed by atoms with Crippen molar-refractivity contribution in [1.29, 1.82) is 5.26 Å². The molecular weight excluding hydrogens is 192 g/mol. The number of ether oxygens (including phenoxy) is 1. The van der Waals surface area contributed by atoms with Crippen LogP contribution >= 0.6 is 0 Å². The van der Waals surface area contributed by atoms with Crippen LogP contribution in [0.3, 0.4) is 0 Å². The number of hydrogen-bond donors (Lipinski definition) is 0.